The third kappa shape index (κ3) is 4.85. The molecule has 0 unspecified atom stereocenters. The first-order valence-electron chi connectivity index (χ1n) is 18.8. The van der Waals surface area contributed by atoms with Crippen LogP contribution < -0.4 is 0 Å². The molecular formula is C51H29N3S2. The van der Waals surface area contributed by atoms with Gasteiger partial charge in [0.25, 0.3) is 0 Å². The molecule has 0 aliphatic rings. The van der Waals surface area contributed by atoms with E-state index in [1.807, 2.05) is 0 Å². The van der Waals surface area contributed by atoms with Crippen LogP contribution in [0.1, 0.15) is 0 Å². The summed E-state index contributed by atoms with van der Waals surface area (Å²) in [5.74, 6) is 2.01. The number of fused-ring (bicyclic) bond motifs is 10. The molecule has 0 atom stereocenters. The molecule has 0 saturated carbocycles. The fourth-order valence-corrected chi connectivity index (χ4v) is 10.9. The molecule has 56 heavy (non-hydrogen) atoms. The van der Waals surface area contributed by atoms with Gasteiger partial charge in [0.1, 0.15) is 0 Å². The van der Waals surface area contributed by atoms with Gasteiger partial charge in [0, 0.05) is 57.0 Å². The third-order valence-electron chi connectivity index (χ3n) is 11.1. The van der Waals surface area contributed by atoms with Gasteiger partial charge >= 0.3 is 0 Å². The van der Waals surface area contributed by atoms with E-state index in [4.69, 9.17) is 15.0 Å². The Morgan fingerprint density at radius 1 is 0.304 bits per heavy atom. The lowest BCUT2D eigenvalue weighted by atomic mass is 9.89. The topological polar surface area (TPSA) is 38.7 Å². The van der Waals surface area contributed by atoms with Crippen LogP contribution in [0.4, 0.5) is 0 Å². The van der Waals surface area contributed by atoms with Crippen LogP contribution in [0.2, 0.25) is 0 Å². The van der Waals surface area contributed by atoms with Crippen molar-refractivity contribution in [2.24, 2.45) is 0 Å². The molecule has 3 aromatic heterocycles. The predicted molar refractivity (Wildman–Crippen MR) is 240 cm³/mol. The van der Waals surface area contributed by atoms with E-state index in [9.17, 15) is 0 Å². The van der Waals surface area contributed by atoms with Gasteiger partial charge in [-0.25, -0.2) is 15.0 Å². The number of hydrogen-bond donors (Lipinski definition) is 0. The van der Waals surface area contributed by atoms with Crippen LogP contribution in [0.5, 0.6) is 0 Å². The molecule has 0 N–H and O–H groups in total. The van der Waals surface area contributed by atoms with E-state index in [0.29, 0.717) is 17.5 Å². The molecule has 3 nitrogen and oxygen atoms in total. The minimum absolute atomic E-state index is 0.654. The Hall–Kier alpha value is -6.79. The van der Waals surface area contributed by atoms with Crippen molar-refractivity contribution in [1.82, 2.24) is 15.0 Å². The quantitative estimate of drug-likeness (QED) is 0.133. The summed E-state index contributed by atoms with van der Waals surface area (Å²) in [6.45, 7) is 0. The monoisotopic (exact) mass is 747 g/mol. The van der Waals surface area contributed by atoms with E-state index in [0.717, 1.165) is 22.3 Å². The van der Waals surface area contributed by atoms with Crippen LogP contribution in [0, 0.1) is 0 Å². The van der Waals surface area contributed by atoms with Gasteiger partial charge < -0.3 is 0 Å². The SMILES string of the molecule is c1ccc2c(-c3ccc(-c4nc(-c5cccc6c5sc5ccccc56)nc(-c5cccc6c5sc5ccccc56)n4)cc3)c3ccc4ccccc4c3cc2c1. The highest BCUT2D eigenvalue weighted by Crippen LogP contribution is 2.43. The second-order valence-electron chi connectivity index (χ2n) is 14.3. The van der Waals surface area contributed by atoms with Gasteiger partial charge in [0.2, 0.25) is 0 Å². The van der Waals surface area contributed by atoms with Gasteiger partial charge in [-0.2, -0.15) is 0 Å². The van der Waals surface area contributed by atoms with Crippen molar-refractivity contribution in [2.75, 3.05) is 0 Å². The number of thiophene rings is 2. The standard InChI is InChI=1S/C51H29N3S2/c1-3-13-34-30(11-1)27-28-38-43(34)29-33-12-2-4-14-35(33)46(38)31-23-25-32(26-24-31)49-52-50(41-19-9-17-39-36-15-5-7-21-44(36)55-47(39)41)54-51(53-49)42-20-10-18-40-37-16-6-8-22-45(37)56-48(40)42/h1-29H. The molecule has 0 saturated heterocycles. The van der Waals surface area contributed by atoms with E-state index in [-0.39, 0.29) is 0 Å². The largest absolute Gasteiger partial charge is 0.208 e. The van der Waals surface area contributed by atoms with Crippen LogP contribution in [-0.2, 0) is 0 Å². The zero-order valence-corrected chi connectivity index (χ0v) is 31.5. The summed E-state index contributed by atoms with van der Waals surface area (Å²) < 4.78 is 4.87. The summed E-state index contributed by atoms with van der Waals surface area (Å²) in [5.41, 5.74) is 5.37. The first kappa shape index (κ1) is 31.5. The number of nitrogens with zero attached hydrogens (tertiary/aromatic N) is 3. The van der Waals surface area contributed by atoms with Gasteiger partial charge in [0.15, 0.2) is 17.5 Å². The van der Waals surface area contributed by atoms with Crippen molar-refractivity contribution in [2.45, 2.75) is 0 Å². The second-order valence-corrected chi connectivity index (χ2v) is 16.4. The van der Waals surface area contributed by atoms with E-state index in [1.54, 1.807) is 22.7 Å². The molecule has 0 spiro atoms. The zero-order chi connectivity index (χ0) is 36.7. The van der Waals surface area contributed by atoms with Gasteiger partial charge in [-0.1, -0.05) is 146 Å². The van der Waals surface area contributed by atoms with Crippen LogP contribution >= 0.6 is 22.7 Å². The third-order valence-corrected chi connectivity index (χ3v) is 13.6. The van der Waals surface area contributed by atoms with Gasteiger partial charge in [-0.05, 0) is 73.8 Å². The molecule has 3 heterocycles. The van der Waals surface area contributed by atoms with Gasteiger partial charge in [0.05, 0.1) is 0 Å². The Labute approximate surface area is 329 Å². The molecule has 0 aliphatic carbocycles. The highest BCUT2D eigenvalue weighted by atomic mass is 32.1. The summed E-state index contributed by atoms with van der Waals surface area (Å²) in [7, 11) is 0. The Bertz CT molecular complexity index is 3410. The van der Waals surface area contributed by atoms with Crippen molar-refractivity contribution in [1.29, 1.82) is 0 Å². The number of benzene rings is 9. The molecule has 0 fully saturated rings. The summed E-state index contributed by atoms with van der Waals surface area (Å²) in [4.78, 5) is 15.8. The fraction of sp³-hybridized carbons (Fsp3) is 0. The fourth-order valence-electron chi connectivity index (χ4n) is 8.51. The summed E-state index contributed by atoms with van der Waals surface area (Å²) in [6.07, 6.45) is 0. The summed E-state index contributed by atoms with van der Waals surface area (Å²) in [5, 5.41) is 12.4. The molecule has 5 heteroatoms. The minimum Gasteiger partial charge on any atom is -0.208 e. The first-order chi connectivity index (χ1) is 27.7. The van der Waals surface area contributed by atoms with Crippen molar-refractivity contribution >= 4 is 95.3 Å². The Morgan fingerprint density at radius 2 is 0.804 bits per heavy atom. The maximum Gasteiger partial charge on any atom is 0.165 e. The summed E-state index contributed by atoms with van der Waals surface area (Å²) in [6, 6.07) is 63.2. The van der Waals surface area contributed by atoms with Crippen molar-refractivity contribution in [3.05, 3.63) is 176 Å². The normalized spacial score (nSPS) is 11.9. The molecule has 260 valence electrons. The van der Waals surface area contributed by atoms with Gasteiger partial charge in [-0.15, -0.1) is 22.7 Å². The lowest BCUT2D eigenvalue weighted by molar-refractivity contribution is 1.08. The molecule has 0 bridgehead atoms. The van der Waals surface area contributed by atoms with E-state index in [1.165, 1.54) is 78.2 Å². The number of rotatable bonds is 4. The van der Waals surface area contributed by atoms with Gasteiger partial charge in [-0.3, -0.25) is 0 Å². The van der Waals surface area contributed by atoms with Crippen molar-refractivity contribution in [3.8, 4) is 45.3 Å². The number of aromatic nitrogens is 3. The van der Waals surface area contributed by atoms with Crippen molar-refractivity contribution in [3.63, 3.8) is 0 Å². The Balaban J connectivity index is 1.07. The molecule has 0 amide bonds. The van der Waals surface area contributed by atoms with E-state index < -0.39 is 0 Å². The number of hydrogen-bond acceptors (Lipinski definition) is 5. The maximum absolute atomic E-state index is 5.29. The maximum atomic E-state index is 5.29. The van der Waals surface area contributed by atoms with Crippen LogP contribution in [-0.4, -0.2) is 15.0 Å². The predicted octanol–water partition coefficient (Wildman–Crippen LogP) is 14.7. The lowest BCUT2D eigenvalue weighted by Gasteiger charge is -2.14. The molecule has 12 rings (SSSR count). The highest BCUT2D eigenvalue weighted by Gasteiger charge is 2.20. The first-order valence-corrected chi connectivity index (χ1v) is 20.4. The van der Waals surface area contributed by atoms with Crippen LogP contribution in [0.3, 0.4) is 0 Å². The zero-order valence-electron chi connectivity index (χ0n) is 29.9. The Morgan fingerprint density at radius 3 is 1.45 bits per heavy atom. The van der Waals surface area contributed by atoms with E-state index >= 15 is 0 Å². The molecule has 9 aromatic carbocycles. The minimum atomic E-state index is 0.654. The average Bonchev–Trinajstić information content (AvgIpc) is 3.84. The van der Waals surface area contributed by atoms with Crippen LogP contribution in [0.15, 0.2) is 176 Å². The average molecular weight is 748 g/mol. The van der Waals surface area contributed by atoms with Crippen LogP contribution in [0.25, 0.3) is 118 Å². The second kappa shape index (κ2) is 12.4. The highest BCUT2D eigenvalue weighted by molar-refractivity contribution is 7.26. The Kier molecular flexibility index (Phi) is 6.97. The van der Waals surface area contributed by atoms with E-state index in [2.05, 4.69) is 176 Å². The molecular weight excluding hydrogens is 719 g/mol. The molecule has 0 radical (unpaired) electrons. The smallest absolute Gasteiger partial charge is 0.165 e. The van der Waals surface area contributed by atoms with Crippen molar-refractivity contribution < 1.29 is 0 Å². The molecule has 0 aliphatic heterocycles. The lowest BCUT2D eigenvalue weighted by Crippen LogP contribution is -2.00. The summed E-state index contributed by atoms with van der Waals surface area (Å²) >= 11 is 3.59. The molecule has 12 aromatic rings.